The van der Waals surface area contributed by atoms with Gasteiger partial charge < -0.3 is 0 Å². The minimum atomic E-state index is -2.61. The molecule has 0 radical (unpaired) electrons. The van der Waals surface area contributed by atoms with Crippen molar-refractivity contribution in [2.45, 2.75) is 6.54 Å². The van der Waals surface area contributed by atoms with E-state index in [1.54, 1.807) is 3.11 Å². The molecule has 0 aromatic heterocycles. The fraction of sp³-hybridized carbons (Fsp3) is 0.0714. The first-order chi connectivity index (χ1) is 11.1. The Kier molecular flexibility index (Phi) is 4.13. The second-order valence-corrected chi connectivity index (χ2v) is 8.80. The Balaban J connectivity index is 2.02. The molecule has 1 aliphatic heterocycles. The molecule has 9 heteroatoms. The van der Waals surface area contributed by atoms with Crippen LogP contribution < -0.4 is 0 Å². The van der Waals surface area contributed by atoms with Crippen LogP contribution in [0.25, 0.3) is 10.4 Å². The van der Waals surface area contributed by atoms with Gasteiger partial charge in [0.15, 0.2) is 0 Å². The fourth-order valence-corrected chi connectivity index (χ4v) is 6.31. The number of hydrogen-bond donors (Lipinski definition) is 0. The SMILES string of the molecule is [N-]=[N+]=NI1c2ccc([N+](=O)[O-])cc2C(=O)N1Cc1ccccc1. The number of benzene rings is 2. The van der Waals surface area contributed by atoms with Crippen molar-refractivity contribution in [3.8, 4) is 0 Å². The molecule has 116 valence electrons. The average Bonchev–Trinajstić information content (AvgIpc) is 2.81. The molecular weight excluding hydrogens is 413 g/mol. The van der Waals surface area contributed by atoms with E-state index in [0.29, 0.717) is 10.1 Å². The Bertz CT molecular complexity index is 836. The third-order valence-electron chi connectivity index (χ3n) is 3.26. The maximum absolute atomic E-state index is 12.6. The molecule has 0 atom stereocenters. The van der Waals surface area contributed by atoms with E-state index in [2.05, 4.69) is 8.24 Å². The van der Waals surface area contributed by atoms with Crippen molar-refractivity contribution in [3.63, 3.8) is 0 Å². The molecule has 0 N–H and O–H groups in total. The number of nitrogens with zero attached hydrogens (tertiary/aromatic N) is 5. The summed E-state index contributed by atoms with van der Waals surface area (Å²) >= 11 is -2.61. The Morgan fingerprint density at radius 2 is 2.00 bits per heavy atom. The van der Waals surface area contributed by atoms with Crippen LogP contribution >= 0.6 is 20.4 Å². The third-order valence-corrected chi connectivity index (χ3v) is 7.72. The molecule has 0 aliphatic carbocycles. The van der Waals surface area contributed by atoms with E-state index in [1.165, 1.54) is 18.2 Å². The molecule has 0 bridgehead atoms. The predicted octanol–water partition coefficient (Wildman–Crippen LogP) is 4.07. The van der Waals surface area contributed by atoms with Crippen LogP contribution in [0.3, 0.4) is 0 Å². The van der Waals surface area contributed by atoms with Gasteiger partial charge in [0.1, 0.15) is 0 Å². The van der Waals surface area contributed by atoms with Crippen LogP contribution in [0.5, 0.6) is 0 Å². The quantitative estimate of drug-likeness (QED) is 0.141. The molecule has 3 rings (SSSR count). The summed E-state index contributed by atoms with van der Waals surface area (Å²) in [6, 6.07) is 13.5. The van der Waals surface area contributed by atoms with Crippen LogP contribution in [0, 0.1) is 13.7 Å². The second kappa shape index (κ2) is 6.23. The van der Waals surface area contributed by atoms with Gasteiger partial charge in [0.2, 0.25) is 0 Å². The molecule has 2 aromatic carbocycles. The number of nitro benzene ring substituents is 1. The molecule has 0 spiro atoms. The van der Waals surface area contributed by atoms with Gasteiger partial charge in [0, 0.05) is 0 Å². The van der Waals surface area contributed by atoms with Gasteiger partial charge in [-0.2, -0.15) is 0 Å². The van der Waals surface area contributed by atoms with Crippen LogP contribution in [0.15, 0.2) is 51.9 Å². The summed E-state index contributed by atoms with van der Waals surface area (Å²) in [6.07, 6.45) is 0. The number of carbonyl (C=O) groups is 1. The number of rotatable bonds is 4. The molecule has 23 heavy (non-hydrogen) atoms. The maximum atomic E-state index is 12.6. The molecule has 2 aromatic rings. The summed E-state index contributed by atoms with van der Waals surface area (Å²) in [6.45, 7) is 0.325. The summed E-state index contributed by atoms with van der Waals surface area (Å²) < 4.78 is 6.04. The number of azide groups is 1. The van der Waals surface area contributed by atoms with E-state index < -0.39 is 25.3 Å². The van der Waals surface area contributed by atoms with Crippen LogP contribution in [0.4, 0.5) is 5.69 Å². The number of nitro groups is 1. The normalized spacial score (nSPS) is 14.3. The van der Waals surface area contributed by atoms with Gasteiger partial charge in [-0.05, 0) is 0 Å². The standard InChI is InChI=1S/C14H10IN5O3/c16-18-17-15-13-7-6-11(20(22)23)8-12(13)14(21)19(15)9-10-4-2-1-3-5-10/h1-8H,9H2. The first-order valence-corrected chi connectivity index (χ1v) is 9.52. The molecular formula is C14H10IN5O3. The minimum absolute atomic E-state index is 0.143. The van der Waals surface area contributed by atoms with Gasteiger partial charge in [0.05, 0.1) is 0 Å². The van der Waals surface area contributed by atoms with Crippen LogP contribution in [0.2, 0.25) is 0 Å². The van der Waals surface area contributed by atoms with Crippen molar-refractivity contribution in [2.24, 2.45) is 3.33 Å². The van der Waals surface area contributed by atoms with Crippen molar-refractivity contribution in [3.05, 3.63) is 83.8 Å². The van der Waals surface area contributed by atoms with E-state index in [9.17, 15) is 14.9 Å². The van der Waals surface area contributed by atoms with E-state index >= 15 is 0 Å². The Morgan fingerprint density at radius 3 is 2.65 bits per heavy atom. The molecule has 8 nitrogen and oxygen atoms in total. The number of carbonyl (C=O) groups excluding carboxylic acids is 1. The molecule has 0 fully saturated rings. The second-order valence-electron chi connectivity index (χ2n) is 4.64. The van der Waals surface area contributed by atoms with Gasteiger partial charge in [0.25, 0.3) is 0 Å². The summed E-state index contributed by atoms with van der Waals surface area (Å²) in [5, 5.41) is 10.9. The van der Waals surface area contributed by atoms with E-state index in [1.807, 2.05) is 30.3 Å². The number of fused-ring (bicyclic) bond motifs is 1. The average molecular weight is 423 g/mol. The molecule has 1 aliphatic rings. The van der Waals surface area contributed by atoms with Gasteiger partial charge in [-0.15, -0.1) is 0 Å². The number of hydrogen-bond acceptors (Lipinski definition) is 4. The molecule has 0 unspecified atom stereocenters. The molecule has 1 amide bonds. The van der Waals surface area contributed by atoms with E-state index in [0.717, 1.165) is 5.56 Å². The Hall–Kier alpha value is -2.65. The monoisotopic (exact) mass is 423 g/mol. The topological polar surface area (TPSA) is 112 Å². The summed E-state index contributed by atoms with van der Waals surface area (Å²) in [7, 11) is 0. The summed E-state index contributed by atoms with van der Waals surface area (Å²) in [5.74, 6) is -0.315. The van der Waals surface area contributed by atoms with Crippen LogP contribution in [0.1, 0.15) is 15.9 Å². The van der Waals surface area contributed by atoms with E-state index in [4.69, 9.17) is 5.53 Å². The molecule has 0 saturated carbocycles. The van der Waals surface area contributed by atoms with Crippen molar-refractivity contribution in [1.82, 2.24) is 3.11 Å². The predicted molar refractivity (Wildman–Crippen MR) is 91.3 cm³/mol. The first-order valence-electron chi connectivity index (χ1n) is 6.51. The van der Waals surface area contributed by atoms with E-state index in [-0.39, 0.29) is 17.2 Å². The van der Waals surface area contributed by atoms with Crippen molar-refractivity contribution in [2.75, 3.05) is 0 Å². The summed E-state index contributed by atoms with van der Waals surface area (Å²) in [4.78, 5) is 25.8. The van der Waals surface area contributed by atoms with Crippen molar-refractivity contribution in [1.29, 1.82) is 0 Å². The molecule has 0 saturated heterocycles. The zero-order valence-electron chi connectivity index (χ0n) is 11.7. The van der Waals surface area contributed by atoms with Gasteiger partial charge in [-0.1, -0.05) is 0 Å². The van der Waals surface area contributed by atoms with Crippen LogP contribution in [-0.4, -0.2) is 13.9 Å². The summed E-state index contributed by atoms with van der Waals surface area (Å²) in [5.41, 5.74) is 9.86. The first kappa shape index (κ1) is 15.3. The van der Waals surface area contributed by atoms with Gasteiger partial charge >= 0.3 is 138 Å². The number of amides is 1. The zero-order valence-corrected chi connectivity index (χ0v) is 13.8. The zero-order chi connectivity index (χ0) is 16.4. The number of non-ortho nitro benzene ring substituents is 1. The van der Waals surface area contributed by atoms with Crippen molar-refractivity contribution >= 4 is 32.0 Å². The third kappa shape index (κ3) is 2.83. The van der Waals surface area contributed by atoms with Gasteiger partial charge in [-0.25, -0.2) is 0 Å². The molecule has 1 heterocycles. The van der Waals surface area contributed by atoms with Gasteiger partial charge in [-0.3, -0.25) is 0 Å². The Labute approximate surface area is 138 Å². The fourth-order valence-electron chi connectivity index (χ4n) is 2.24. The Morgan fingerprint density at radius 1 is 1.26 bits per heavy atom. The van der Waals surface area contributed by atoms with Crippen LogP contribution in [-0.2, 0) is 6.54 Å². The van der Waals surface area contributed by atoms with Crippen molar-refractivity contribution < 1.29 is 9.72 Å². The number of halogens is 1.